The average molecular weight is 612 g/mol. The summed E-state index contributed by atoms with van der Waals surface area (Å²) in [5, 5.41) is 82.7. The molecule has 17 heteroatoms. The van der Waals surface area contributed by atoms with E-state index in [1.165, 1.54) is 0 Å². The standard InChI is InChI=1S/C25H29N3O13S/c26-11(25(39)40)1-2-17(33)28-12(24(38)27-7-18(34)35)8-42-23-19-13(30)5-10(29)6-16(19)41-22(21(23)37)9-3-14(31)20(36)15(32)4-9/h3-6,11-12,21-23,29-32,36-37H,1-2,7-8,26H2,(H,27,38)(H,28,33)(H,34,35)(H,39,40)/t11-,12-,21-,22+,23-/m0/s1. The summed E-state index contributed by atoms with van der Waals surface area (Å²) in [5.74, 6) is -7.97. The third-order valence-electron chi connectivity index (χ3n) is 6.19. The molecule has 2 aromatic carbocycles. The number of phenolic OH excluding ortho intramolecular Hbond substituents is 5. The third kappa shape index (κ3) is 7.56. The molecule has 2 aromatic rings. The predicted molar refractivity (Wildman–Crippen MR) is 143 cm³/mol. The van der Waals surface area contributed by atoms with Crippen molar-refractivity contribution in [2.24, 2.45) is 5.73 Å². The summed E-state index contributed by atoms with van der Waals surface area (Å²) in [5.41, 5.74) is 5.40. The van der Waals surface area contributed by atoms with Crippen molar-refractivity contribution in [1.29, 1.82) is 0 Å². The zero-order chi connectivity index (χ0) is 31.3. The minimum atomic E-state index is -1.56. The lowest BCUT2D eigenvalue weighted by Gasteiger charge is -2.37. The number of aliphatic carboxylic acids is 2. The lowest BCUT2D eigenvalue weighted by atomic mass is 9.93. The van der Waals surface area contributed by atoms with Gasteiger partial charge in [0.1, 0.15) is 42.0 Å². The zero-order valence-corrected chi connectivity index (χ0v) is 22.4. The number of ether oxygens (including phenoxy) is 1. The van der Waals surface area contributed by atoms with E-state index < -0.39 is 88.6 Å². The van der Waals surface area contributed by atoms with E-state index in [9.17, 15) is 49.8 Å². The van der Waals surface area contributed by atoms with Crippen LogP contribution < -0.4 is 21.1 Å². The highest BCUT2D eigenvalue weighted by Crippen LogP contribution is 2.53. The van der Waals surface area contributed by atoms with Gasteiger partial charge in [0.25, 0.3) is 0 Å². The van der Waals surface area contributed by atoms with Gasteiger partial charge in [-0.3, -0.25) is 19.2 Å². The maximum Gasteiger partial charge on any atom is 0.322 e. The van der Waals surface area contributed by atoms with Crippen molar-refractivity contribution < 1.29 is 64.8 Å². The Morgan fingerprint density at radius 2 is 1.62 bits per heavy atom. The molecule has 16 nitrogen and oxygen atoms in total. The van der Waals surface area contributed by atoms with Crippen LogP contribution in [-0.4, -0.2) is 95.1 Å². The smallest absolute Gasteiger partial charge is 0.322 e. The molecule has 0 unspecified atom stereocenters. The molecule has 0 bridgehead atoms. The van der Waals surface area contributed by atoms with E-state index in [2.05, 4.69) is 10.6 Å². The molecule has 0 saturated carbocycles. The van der Waals surface area contributed by atoms with Gasteiger partial charge < -0.3 is 62.0 Å². The molecule has 0 aromatic heterocycles. The van der Waals surface area contributed by atoms with Crippen LogP contribution in [0.25, 0.3) is 0 Å². The van der Waals surface area contributed by atoms with Gasteiger partial charge in [-0.1, -0.05) is 0 Å². The monoisotopic (exact) mass is 611 g/mol. The van der Waals surface area contributed by atoms with Gasteiger partial charge in [-0.2, -0.15) is 0 Å². The number of phenols is 5. The fourth-order valence-corrected chi connectivity index (χ4v) is 5.48. The van der Waals surface area contributed by atoms with Crippen LogP contribution in [0.1, 0.15) is 35.3 Å². The molecule has 3 rings (SSSR count). The number of nitrogens with one attached hydrogen (secondary N) is 2. The number of hydrogen-bond acceptors (Lipinski definition) is 13. The predicted octanol–water partition coefficient (Wildman–Crippen LogP) is -0.639. The van der Waals surface area contributed by atoms with Gasteiger partial charge in [0, 0.05) is 29.9 Å². The fourth-order valence-electron chi connectivity index (χ4n) is 4.10. The summed E-state index contributed by atoms with van der Waals surface area (Å²) >= 11 is 0.832. The van der Waals surface area contributed by atoms with Crippen LogP contribution in [-0.2, 0) is 19.2 Å². The number of benzene rings is 2. The first-order valence-corrected chi connectivity index (χ1v) is 13.3. The number of carboxylic acid groups (broad SMARTS) is 2. The van der Waals surface area contributed by atoms with Crippen molar-refractivity contribution >= 4 is 35.5 Å². The molecule has 2 amide bonds. The summed E-state index contributed by atoms with van der Waals surface area (Å²) in [6.07, 6.45) is -3.54. The van der Waals surface area contributed by atoms with Gasteiger partial charge in [-0.25, -0.2) is 0 Å². The molecule has 0 aliphatic carbocycles. The minimum Gasteiger partial charge on any atom is -0.508 e. The topological polar surface area (TPSA) is 289 Å². The van der Waals surface area contributed by atoms with Gasteiger partial charge in [0.15, 0.2) is 23.4 Å². The van der Waals surface area contributed by atoms with Crippen LogP contribution in [0.3, 0.4) is 0 Å². The van der Waals surface area contributed by atoms with E-state index in [1.807, 2.05) is 0 Å². The maximum absolute atomic E-state index is 12.8. The number of fused-ring (bicyclic) bond motifs is 1. The fraction of sp³-hybridized carbons (Fsp3) is 0.360. The first-order valence-electron chi connectivity index (χ1n) is 12.2. The molecular formula is C25H29N3O13S. The Labute approximate surface area is 241 Å². The molecule has 5 atom stereocenters. The van der Waals surface area contributed by atoms with Crippen LogP contribution in [0.5, 0.6) is 34.5 Å². The van der Waals surface area contributed by atoms with Gasteiger partial charge >= 0.3 is 11.9 Å². The van der Waals surface area contributed by atoms with Crippen LogP contribution >= 0.6 is 11.8 Å². The second-order valence-electron chi connectivity index (χ2n) is 9.28. The Morgan fingerprint density at radius 1 is 0.976 bits per heavy atom. The zero-order valence-electron chi connectivity index (χ0n) is 21.6. The van der Waals surface area contributed by atoms with E-state index >= 15 is 0 Å². The average Bonchev–Trinajstić information content (AvgIpc) is 2.91. The Morgan fingerprint density at radius 3 is 2.21 bits per heavy atom. The number of aliphatic hydroxyl groups excluding tert-OH is 1. The number of aromatic hydroxyl groups is 5. The van der Waals surface area contributed by atoms with Gasteiger partial charge in [0.2, 0.25) is 11.8 Å². The summed E-state index contributed by atoms with van der Waals surface area (Å²) < 4.78 is 5.77. The highest BCUT2D eigenvalue weighted by Gasteiger charge is 2.42. The summed E-state index contributed by atoms with van der Waals surface area (Å²) in [7, 11) is 0. The molecule has 0 fully saturated rings. The lowest BCUT2D eigenvalue weighted by molar-refractivity contribution is -0.139. The molecule has 0 spiro atoms. The summed E-state index contributed by atoms with van der Waals surface area (Å²) in [4.78, 5) is 47.1. The molecule has 12 N–H and O–H groups in total. The number of aliphatic hydroxyl groups is 1. The quantitative estimate of drug-likeness (QED) is 0.133. The number of amides is 2. The largest absolute Gasteiger partial charge is 0.508 e. The molecule has 42 heavy (non-hydrogen) atoms. The van der Waals surface area contributed by atoms with E-state index in [4.69, 9.17) is 20.7 Å². The number of carbonyl (C=O) groups is 4. The Hall–Kier alpha value is -4.61. The van der Waals surface area contributed by atoms with Crippen molar-refractivity contribution in [1.82, 2.24) is 10.6 Å². The normalized spacial score (nSPS) is 19.0. The number of nitrogens with two attached hydrogens (primary N) is 1. The molecule has 228 valence electrons. The minimum absolute atomic E-state index is 0.00257. The van der Waals surface area contributed by atoms with Gasteiger partial charge in [-0.05, 0) is 18.6 Å². The first kappa shape index (κ1) is 31.9. The number of hydrogen-bond donors (Lipinski definition) is 11. The van der Waals surface area contributed by atoms with Gasteiger partial charge in [0.05, 0.1) is 10.8 Å². The van der Waals surface area contributed by atoms with Crippen LogP contribution in [0, 0.1) is 0 Å². The number of carboxylic acids is 2. The Kier molecular flexibility index (Phi) is 10.2. The van der Waals surface area contributed by atoms with E-state index in [-0.39, 0.29) is 35.5 Å². The molecular weight excluding hydrogens is 582 g/mol. The highest BCUT2D eigenvalue weighted by atomic mass is 32.2. The van der Waals surface area contributed by atoms with Crippen LogP contribution in [0.4, 0.5) is 0 Å². The number of thioether (sulfide) groups is 1. The second-order valence-corrected chi connectivity index (χ2v) is 10.5. The molecule has 1 aliphatic heterocycles. The highest BCUT2D eigenvalue weighted by molar-refractivity contribution is 7.99. The van der Waals surface area contributed by atoms with Crippen LogP contribution in [0.2, 0.25) is 0 Å². The van der Waals surface area contributed by atoms with Crippen LogP contribution in [0.15, 0.2) is 24.3 Å². The SMILES string of the molecule is N[C@@H](CCC(=O)N[C@@H](CS[C@H]1c2c(O)cc(O)cc2O[C@H](c2cc(O)c(O)c(O)c2)[C@@H]1O)C(=O)NCC(=O)O)C(=O)O. The third-order valence-corrected chi connectivity index (χ3v) is 7.59. The summed E-state index contributed by atoms with van der Waals surface area (Å²) in [6, 6.07) is 1.40. The Balaban J connectivity index is 1.91. The van der Waals surface area contributed by atoms with Crippen molar-refractivity contribution in [3.63, 3.8) is 0 Å². The van der Waals surface area contributed by atoms with E-state index in [0.717, 1.165) is 36.0 Å². The van der Waals surface area contributed by atoms with Crippen molar-refractivity contribution in [3.05, 3.63) is 35.4 Å². The van der Waals surface area contributed by atoms with Gasteiger partial charge in [-0.15, -0.1) is 11.8 Å². The molecule has 0 saturated heterocycles. The van der Waals surface area contributed by atoms with Crippen molar-refractivity contribution in [2.75, 3.05) is 12.3 Å². The van der Waals surface area contributed by atoms with E-state index in [1.54, 1.807) is 0 Å². The Bertz CT molecular complexity index is 1350. The molecule has 0 radical (unpaired) electrons. The van der Waals surface area contributed by atoms with E-state index in [0.29, 0.717) is 0 Å². The molecule has 1 aliphatic rings. The number of rotatable bonds is 12. The van der Waals surface area contributed by atoms with Crippen molar-refractivity contribution in [2.45, 2.75) is 42.4 Å². The first-order chi connectivity index (χ1) is 19.7. The molecule has 1 heterocycles. The second kappa shape index (κ2) is 13.4. The lowest BCUT2D eigenvalue weighted by Crippen LogP contribution is -2.50. The van der Waals surface area contributed by atoms with Crippen molar-refractivity contribution in [3.8, 4) is 34.5 Å². The maximum atomic E-state index is 12.8. The number of carbonyl (C=O) groups excluding carboxylic acids is 2. The summed E-state index contributed by atoms with van der Waals surface area (Å²) in [6.45, 7) is -0.779.